The van der Waals surface area contributed by atoms with Crippen molar-refractivity contribution in [3.05, 3.63) is 46.8 Å². The Hall–Kier alpha value is -3.16. The Morgan fingerprint density at radius 2 is 1.93 bits per heavy atom. The van der Waals surface area contributed by atoms with E-state index < -0.39 is 11.6 Å². The van der Waals surface area contributed by atoms with Gasteiger partial charge in [0.25, 0.3) is 0 Å². The molecule has 1 aromatic carbocycles. The predicted molar refractivity (Wildman–Crippen MR) is 118 cm³/mol. The number of hydrogen-bond acceptors (Lipinski definition) is 5. The maximum absolute atomic E-state index is 12.7. The monoisotopic (exact) mass is 406 g/mol. The predicted octanol–water partition coefficient (Wildman–Crippen LogP) is 2.51. The third-order valence-electron chi connectivity index (χ3n) is 5.60. The van der Waals surface area contributed by atoms with Gasteiger partial charge in [0.05, 0.1) is 22.5 Å². The summed E-state index contributed by atoms with van der Waals surface area (Å²) in [5.41, 5.74) is 5.47. The minimum Gasteiger partial charge on any atom is -0.507 e. The van der Waals surface area contributed by atoms with Crippen LogP contribution in [0.2, 0.25) is 0 Å². The van der Waals surface area contributed by atoms with Gasteiger partial charge in [-0.2, -0.15) is 0 Å². The summed E-state index contributed by atoms with van der Waals surface area (Å²) in [5.74, 6) is -0.748. The SMILES string of the molecule is CNCCc1c[nH]c2c(-c3[nH]c4c(c3CCN(C)C)C(=O)C(=O)C=C4)ccc(O)c12. The van der Waals surface area contributed by atoms with Crippen LogP contribution in [-0.4, -0.2) is 65.8 Å². The van der Waals surface area contributed by atoms with E-state index >= 15 is 0 Å². The van der Waals surface area contributed by atoms with E-state index in [1.807, 2.05) is 38.3 Å². The highest BCUT2D eigenvalue weighted by molar-refractivity contribution is 6.50. The second-order valence-corrected chi connectivity index (χ2v) is 7.90. The van der Waals surface area contributed by atoms with Gasteiger partial charge in [0.2, 0.25) is 11.6 Å². The van der Waals surface area contributed by atoms with Crippen LogP contribution in [0.15, 0.2) is 24.4 Å². The molecule has 0 saturated carbocycles. The first-order chi connectivity index (χ1) is 14.4. The van der Waals surface area contributed by atoms with E-state index in [0.717, 1.165) is 52.8 Å². The van der Waals surface area contributed by atoms with E-state index in [9.17, 15) is 14.7 Å². The van der Waals surface area contributed by atoms with E-state index in [0.29, 0.717) is 17.7 Å². The Labute approximate surface area is 174 Å². The molecular weight excluding hydrogens is 380 g/mol. The van der Waals surface area contributed by atoms with Crippen molar-refractivity contribution >= 4 is 28.5 Å². The van der Waals surface area contributed by atoms with Crippen LogP contribution in [0.4, 0.5) is 0 Å². The lowest BCUT2D eigenvalue weighted by molar-refractivity contribution is -0.110. The Bertz CT molecular complexity index is 1170. The fraction of sp³-hybridized carbons (Fsp3) is 0.304. The van der Waals surface area contributed by atoms with Crippen molar-refractivity contribution in [1.82, 2.24) is 20.2 Å². The van der Waals surface area contributed by atoms with Crippen molar-refractivity contribution in [2.75, 3.05) is 34.2 Å². The summed E-state index contributed by atoms with van der Waals surface area (Å²) in [6.45, 7) is 1.53. The number of nitrogens with zero attached hydrogens (tertiary/aromatic N) is 1. The molecule has 0 atom stereocenters. The number of ketones is 2. The highest BCUT2D eigenvalue weighted by Gasteiger charge is 2.29. The fourth-order valence-electron chi connectivity index (χ4n) is 4.08. The first-order valence-corrected chi connectivity index (χ1v) is 10.1. The molecule has 0 amide bonds. The van der Waals surface area contributed by atoms with Gasteiger partial charge in [-0.1, -0.05) is 0 Å². The third kappa shape index (κ3) is 3.36. The molecule has 0 unspecified atom stereocenters. The Kier molecular flexibility index (Phi) is 5.32. The first-order valence-electron chi connectivity index (χ1n) is 10.1. The maximum atomic E-state index is 12.7. The summed E-state index contributed by atoms with van der Waals surface area (Å²) in [6, 6.07) is 3.54. The highest BCUT2D eigenvalue weighted by Crippen LogP contribution is 2.39. The standard InChI is InChI=1S/C23H26N4O3/c1-24-10-8-13-12-25-22-15(4-6-17(28)19(13)22)21-14(9-11-27(2)3)20-16(26-21)5-7-18(29)23(20)30/h4-7,12,24-26,28H,8-11H2,1-3H3. The zero-order valence-electron chi connectivity index (χ0n) is 17.4. The number of carbonyl (C=O) groups is 2. The molecule has 4 N–H and O–H groups in total. The van der Waals surface area contributed by atoms with E-state index in [-0.39, 0.29) is 5.75 Å². The number of aromatic hydroxyl groups is 1. The molecule has 2 aromatic heterocycles. The lowest BCUT2D eigenvalue weighted by Gasteiger charge is -2.13. The Morgan fingerprint density at radius 3 is 2.67 bits per heavy atom. The topological polar surface area (TPSA) is 101 Å². The van der Waals surface area contributed by atoms with Gasteiger partial charge in [-0.3, -0.25) is 9.59 Å². The molecule has 0 radical (unpaired) electrons. The molecule has 156 valence electrons. The number of benzene rings is 1. The quantitative estimate of drug-likeness (QED) is 0.452. The number of phenolic OH excluding ortho intramolecular Hbond substituents is 1. The van der Waals surface area contributed by atoms with Crippen molar-refractivity contribution in [1.29, 1.82) is 0 Å². The van der Waals surface area contributed by atoms with Crippen molar-refractivity contribution in [3.8, 4) is 17.0 Å². The molecule has 0 spiro atoms. The molecule has 1 aliphatic rings. The number of allylic oxidation sites excluding steroid dienone is 1. The Balaban J connectivity index is 1.91. The third-order valence-corrected chi connectivity index (χ3v) is 5.60. The zero-order chi connectivity index (χ0) is 21.4. The van der Waals surface area contributed by atoms with E-state index in [1.54, 1.807) is 12.1 Å². The highest BCUT2D eigenvalue weighted by atomic mass is 16.3. The molecule has 7 nitrogen and oxygen atoms in total. The van der Waals surface area contributed by atoms with Crippen molar-refractivity contribution < 1.29 is 14.7 Å². The number of hydrogen-bond donors (Lipinski definition) is 4. The average molecular weight is 406 g/mol. The molecule has 0 fully saturated rings. The molecule has 0 bridgehead atoms. The molecule has 30 heavy (non-hydrogen) atoms. The van der Waals surface area contributed by atoms with Crippen molar-refractivity contribution in [2.24, 2.45) is 0 Å². The van der Waals surface area contributed by atoms with Gasteiger partial charge in [-0.25, -0.2) is 0 Å². The van der Waals surface area contributed by atoms with Crippen molar-refractivity contribution in [3.63, 3.8) is 0 Å². The minimum atomic E-state index is -0.496. The molecule has 4 rings (SSSR count). The molecule has 0 aliphatic heterocycles. The number of rotatable bonds is 7. The normalized spacial score (nSPS) is 13.6. The number of aromatic amines is 2. The van der Waals surface area contributed by atoms with Crippen molar-refractivity contribution in [2.45, 2.75) is 12.8 Å². The van der Waals surface area contributed by atoms with Crippen LogP contribution in [0.3, 0.4) is 0 Å². The summed E-state index contributed by atoms with van der Waals surface area (Å²) in [4.78, 5) is 33.4. The van der Waals surface area contributed by atoms with Gasteiger partial charge in [0.1, 0.15) is 5.75 Å². The van der Waals surface area contributed by atoms with E-state index in [2.05, 4.69) is 15.3 Å². The number of carbonyl (C=O) groups excluding carboxylic acids is 2. The second kappa shape index (κ2) is 7.93. The van der Waals surface area contributed by atoms with Crippen LogP contribution in [0.5, 0.6) is 5.75 Å². The lowest BCUT2D eigenvalue weighted by Crippen LogP contribution is -2.20. The molecular formula is C23H26N4O3. The number of Topliss-reactive ketones (excluding diaryl/α,β-unsaturated/α-hetero) is 1. The van der Waals surface area contributed by atoms with E-state index in [4.69, 9.17) is 0 Å². The van der Waals surface area contributed by atoms with Crippen LogP contribution in [-0.2, 0) is 17.6 Å². The molecule has 0 saturated heterocycles. The van der Waals surface area contributed by atoms with Gasteiger partial charge in [0, 0.05) is 23.7 Å². The molecule has 7 heteroatoms. The first kappa shape index (κ1) is 20.1. The average Bonchev–Trinajstić information content (AvgIpc) is 3.30. The lowest BCUT2D eigenvalue weighted by atomic mass is 9.93. The van der Waals surface area contributed by atoms with Crippen LogP contribution < -0.4 is 5.32 Å². The van der Waals surface area contributed by atoms with Gasteiger partial charge < -0.3 is 25.3 Å². The van der Waals surface area contributed by atoms with Crippen LogP contribution in [0.1, 0.15) is 27.2 Å². The summed E-state index contributed by atoms with van der Waals surface area (Å²) >= 11 is 0. The molecule has 1 aliphatic carbocycles. The van der Waals surface area contributed by atoms with Crippen LogP contribution in [0.25, 0.3) is 28.2 Å². The van der Waals surface area contributed by atoms with Crippen LogP contribution in [0, 0.1) is 0 Å². The largest absolute Gasteiger partial charge is 0.507 e. The molecule has 3 aromatic rings. The maximum Gasteiger partial charge on any atom is 0.235 e. The summed E-state index contributed by atoms with van der Waals surface area (Å²) in [5, 5.41) is 14.4. The number of aromatic nitrogens is 2. The fourth-order valence-corrected chi connectivity index (χ4v) is 4.08. The zero-order valence-corrected chi connectivity index (χ0v) is 17.4. The number of H-pyrrole nitrogens is 2. The van der Waals surface area contributed by atoms with Crippen LogP contribution >= 0.6 is 0 Å². The number of phenols is 1. The number of fused-ring (bicyclic) bond motifs is 2. The smallest absolute Gasteiger partial charge is 0.235 e. The van der Waals surface area contributed by atoms with Gasteiger partial charge >= 0.3 is 0 Å². The van der Waals surface area contributed by atoms with Gasteiger partial charge in [0.15, 0.2) is 0 Å². The second-order valence-electron chi connectivity index (χ2n) is 7.90. The number of nitrogens with one attached hydrogen (secondary N) is 3. The van der Waals surface area contributed by atoms with Gasteiger partial charge in [-0.15, -0.1) is 0 Å². The van der Waals surface area contributed by atoms with E-state index in [1.165, 1.54) is 6.08 Å². The summed E-state index contributed by atoms with van der Waals surface area (Å²) in [6.07, 6.45) is 6.31. The summed E-state index contributed by atoms with van der Waals surface area (Å²) in [7, 11) is 5.85. The minimum absolute atomic E-state index is 0.221. The number of likely N-dealkylation sites (N-methyl/N-ethyl adjacent to an activating group) is 2. The van der Waals surface area contributed by atoms with Gasteiger partial charge in [-0.05, 0) is 75.9 Å². The molecule has 2 heterocycles. The summed E-state index contributed by atoms with van der Waals surface area (Å²) < 4.78 is 0. The Morgan fingerprint density at radius 1 is 1.13 bits per heavy atom.